The van der Waals surface area contributed by atoms with Crippen LogP contribution in [-0.4, -0.2) is 61.9 Å². The van der Waals surface area contributed by atoms with Gasteiger partial charge >= 0.3 is 6.09 Å². The van der Waals surface area contributed by atoms with Crippen molar-refractivity contribution >= 4 is 22.8 Å². The average molecular weight is 493 g/mol. The third kappa shape index (κ3) is 7.29. The first-order valence-corrected chi connectivity index (χ1v) is 12.0. The molecule has 3 aromatic rings. The van der Waals surface area contributed by atoms with Crippen molar-refractivity contribution in [2.45, 2.75) is 38.4 Å². The van der Waals surface area contributed by atoms with Crippen molar-refractivity contribution in [1.29, 1.82) is 0 Å². The van der Waals surface area contributed by atoms with Crippen LogP contribution in [0.5, 0.6) is 0 Å². The topological polar surface area (TPSA) is 68.3 Å². The first kappa shape index (κ1) is 27.2. The van der Waals surface area contributed by atoms with Crippen LogP contribution in [0.4, 0.5) is 4.79 Å². The number of fused-ring (bicyclic) bond motifs is 1. The summed E-state index contributed by atoms with van der Waals surface area (Å²) in [5.74, 6) is -0.591. The minimum absolute atomic E-state index is 0.176. The lowest BCUT2D eigenvalue weighted by molar-refractivity contribution is -0.175. The molecule has 3 rings (SSSR count). The number of hydroxylamine groups is 2. The van der Waals surface area contributed by atoms with Crippen LogP contribution in [0.3, 0.4) is 0 Å². The third-order valence-corrected chi connectivity index (χ3v) is 5.88. The summed E-state index contributed by atoms with van der Waals surface area (Å²) in [6.45, 7) is 5.67. The number of likely N-dealkylation sites (N-methyl/N-ethyl adjacent to an activating group) is 2. The van der Waals surface area contributed by atoms with Gasteiger partial charge in [0.05, 0.1) is 13.2 Å². The van der Waals surface area contributed by atoms with Crippen LogP contribution in [-0.2, 0) is 19.1 Å². The van der Waals surface area contributed by atoms with Crippen molar-refractivity contribution in [3.63, 3.8) is 0 Å². The van der Waals surface area contributed by atoms with Crippen LogP contribution in [0.1, 0.15) is 43.9 Å². The van der Waals surface area contributed by atoms with Gasteiger partial charge in [-0.2, -0.15) is 0 Å². The maximum atomic E-state index is 12.9. The van der Waals surface area contributed by atoms with Crippen LogP contribution in [0, 0.1) is 0 Å². The zero-order chi connectivity index (χ0) is 26.3. The predicted molar refractivity (Wildman–Crippen MR) is 140 cm³/mol. The van der Waals surface area contributed by atoms with E-state index in [9.17, 15) is 9.59 Å². The number of amides is 2. The Morgan fingerprint density at radius 1 is 0.861 bits per heavy atom. The van der Waals surface area contributed by atoms with Crippen molar-refractivity contribution in [3.8, 4) is 0 Å². The molecule has 0 saturated heterocycles. The molecule has 3 aromatic carbocycles. The Balaban J connectivity index is 2.02. The summed E-state index contributed by atoms with van der Waals surface area (Å²) in [4.78, 5) is 32.0. The first-order chi connectivity index (χ1) is 17.1. The second-order valence-electron chi connectivity index (χ2n) is 9.79. The van der Waals surface area contributed by atoms with Crippen LogP contribution in [0.25, 0.3) is 10.8 Å². The smallest absolute Gasteiger partial charge is 0.410 e. The molecular weight excluding hydrogens is 456 g/mol. The van der Waals surface area contributed by atoms with E-state index in [1.165, 1.54) is 7.11 Å². The molecule has 0 heterocycles. The Labute approximate surface area is 213 Å². The van der Waals surface area contributed by atoms with Crippen molar-refractivity contribution in [3.05, 3.63) is 83.9 Å². The van der Waals surface area contributed by atoms with Crippen LogP contribution >= 0.6 is 0 Å². The summed E-state index contributed by atoms with van der Waals surface area (Å²) in [7, 11) is 4.69. The molecule has 0 spiro atoms. The average Bonchev–Trinajstić information content (AvgIpc) is 2.86. The summed E-state index contributed by atoms with van der Waals surface area (Å²) in [6.07, 6.45) is -0.929. The van der Waals surface area contributed by atoms with E-state index >= 15 is 0 Å². The van der Waals surface area contributed by atoms with E-state index in [0.717, 1.165) is 27.0 Å². The molecule has 0 fully saturated rings. The zero-order valence-corrected chi connectivity index (χ0v) is 21.9. The molecule has 0 aliphatic carbocycles. The Kier molecular flexibility index (Phi) is 9.07. The van der Waals surface area contributed by atoms with Gasteiger partial charge in [0.1, 0.15) is 12.2 Å². The van der Waals surface area contributed by atoms with Crippen molar-refractivity contribution in [1.82, 2.24) is 9.96 Å². The van der Waals surface area contributed by atoms with Gasteiger partial charge in [-0.3, -0.25) is 9.63 Å². The number of hydrogen-bond acceptors (Lipinski definition) is 5. The fraction of sp³-hybridized carbons (Fsp3) is 0.379. The third-order valence-electron chi connectivity index (χ3n) is 5.88. The standard InChI is InChI=1S/C29H36N2O5/c1-29(2,3)36-28(33)30(4)19-25(24-17-16-21-12-10-11-15-23(21)18-24)27(22-13-8-7-9-14-22)35-20-26(32)31(5)34-6/h7-18,25,27H,19-20H2,1-6H3/t25-,27-/m1/s1. The zero-order valence-electron chi connectivity index (χ0n) is 21.9. The van der Waals surface area contributed by atoms with Crippen LogP contribution in [0.2, 0.25) is 0 Å². The van der Waals surface area contributed by atoms with Crippen LogP contribution in [0.15, 0.2) is 72.8 Å². The number of ether oxygens (including phenoxy) is 2. The number of rotatable bonds is 9. The Hall–Kier alpha value is -3.42. The maximum absolute atomic E-state index is 12.9. The first-order valence-electron chi connectivity index (χ1n) is 12.0. The highest BCUT2D eigenvalue weighted by atomic mass is 16.7. The van der Waals surface area contributed by atoms with E-state index in [-0.39, 0.29) is 18.4 Å². The summed E-state index contributed by atoms with van der Waals surface area (Å²) in [5.41, 5.74) is 1.28. The lowest BCUT2D eigenvalue weighted by Crippen LogP contribution is -2.38. The fourth-order valence-corrected chi connectivity index (χ4v) is 3.96. The van der Waals surface area contributed by atoms with Gasteiger partial charge in [0, 0.05) is 26.6 Å². The lowest BCUT2D eigenvalue weighted by Gasteiger charge is -2.33. The molecule has 0 unspecified atom stereocenters. The van der Waals surface area contributed by atoms with Gasteiger partial charge < -0.3 is 14.4 Å². The molecule has 0 N–H and O–H groups in total. The minimum atomic E-state index is -0.615. The molecule has 192 valence electrons. The van der Waals surface area contributed by atoms with E-state index in [1.807, 2.05) is 63.2 Å². The van der Waals surface area contributed by atoms with E-state index < -0.39 is 17.8 Å². The summed E-state index contributed by atoms with van der Waals surface area (Å²) < 4.78 is 11.9. The van der Waals surface area contributed by atoms with Gasteiger partial charge in [-0.1, -0.05) is 72.8 Å². The summed E-state index contributed by atoms with van der Waals surface area (Å²) in [5, 5.41) is 3.34. The largest absolute Gasteiger partial charge is 0.444 e. The highest BCUT2D eigenvalue weighted by Crippen LogP contribution is 2.36. The van der Waals surface area contributed by atoms with Crippen molar-refractivity contribution in [2.24, 2.45) is 0 Å². The molecule has 0 aromatic heterocycles. The molecule has 2 atom stereocenters. The maximum Gasteiger partial charge on any atom is 0.410 e. The fourth-order valence-electron chi connectivity index (χ4n) is 3.96. The number of carbonyl (C=O) groups is 2. The summed E-state index contributed by atoms with van der Waals surface area (Å²) >= 11 is 0. The normalized spacial score (nSPS) is 13.2. The van der Waals surface area contributed by atoms with Gasteiger partial charge in [0.2, 0.25) is 0 Å². The highest BCUT2D eigenvalue weighted by Gasteiger charge is 2.31. The molecular formula is C29H36N2O5. The van der Waals surface area contributed by atoms with E-state index in [4.69, 9.17) is 14.3 Å². The molecule has 0 bridgehead atoms. The molecule has 0 aliphatic rings. The Morgan fingerprint density at radius 2 is 1.50 bits per heavy atom. The highest BCUT2D eigenvalue weighted by molar-refractivity contribution is 5.83. The molecule has 0 saturated carbocycles. The number of benzene rings is 3. The van der Waals surface area contributed by atoms with Crippen molar-refractivity contribution < 1.29 is 23.9 Å². The SMILES string of the molecule is CON(C)C(=O)CO[C@H](c1ccccc1)[C@H](CN(C)C(=O)OC(C)(C)C)c1ccc2ccccc2c1. The van der Waals surface area contributed by atoms with Crippen LogP contribution < -0.4 is 0 Å². The van der Waals surface area contributed by atoms with E-state index in [1.54, 1.807) is 19.0 Å². The second-order valence-corrected chi connectivity index (χ2v) is 9.79. The Bertz CT molecular complexity index is 1160. The van der Waals surface area contributed by atoms with Gasteiger partial charge in [0.25, 0.3) is 5.91 Å². The summed E-state index contributed by atoms with van der Waals surface area (Å²) in [6, 6.07) is 24.1. The molecule has 0 aliphatic heterocycles. The quantitative estimate of drug-likeness (QED) is 0.366. The van der Waals surface area contributed by atoms with Crippen molar-refractivity contribution in [2.75, 3.05) is 34.4 Å². The second kappa shape index (κ2) is 12.0. The monoisotopic (exact) mass is 492 g/mol. The molecule has 0 radical (unpaired) electrons. The predicted octanol–water partition coefficient (Wildman–Crippen LogP) is 5.57. The lowest BCUT2D eigenvalue weighted by atomic mass is 9.87. The molecule has 2 amide bonds. The molecule has 36 heavy (non-hydrogen) atoms. The van der Waals surface area contributed by atoms with Gasteiger partial charge in [-0.25, -0.2) is 9.86 Å². The van der Waals surface area contributed by atoms with Gasteiger partial charge in [0.15, 0.2) is 0 Å². The minimum Gasteiger partial charge on any atom is -0.444 e. The van der Waals surface area contributed by atoms with Gasteiger partial charge in [-0.15, -0.1) is 0 Å². The van der Waals surface area contributed by atoms with Gasteiger partial charge in [-0.05, 0) is 42.7 Å². The number of nitrogens with zero attached hydrogens (tertiary/aromatic N) is 2. The van der Waals surface area contributed by atoms with E-state index in [2.05, 4.69) is 30.3 Å². The van der Waals surface area contributed by atoms with E-state index in [0.29, 0.717) is 6.54 Å². The molecule has 7 nitrogen and oxygen atoms in total. The molecule has 7 heteroatoms. The number of hydrogen-bond donors (Lipinski definition) is 0. The Morgan fingerprint density at radius 3 is 2.14 bits per heavy atom. The number of carbonyl (C=O) groups excluding carboxylic acids is 2.